The zero-order chi connectivity index (χ0) is 15.4. The normalized spacial score (nSPS) is 19.1. The average molecular weight is 306 g/mol. The fraction of sp³-hybridized carbons (Fsp3) is 0.600. The number of hydrogen-bond acceptors (Lipinski definition) is 6. The quantitative estimate of drug-likeness (QED) is 0.782. The van der Waals surface area contributed by atoms with Gasteiger partial charge in [0.2, 0.25) is 0 Å². The molecule has 7 heteroatoms. The molecule has 0 saturated heterocycles. The number of nitrogens with one attached hydrogen (secondary N) is 1. The Labute approximate surface area is 129 Å². The van der Waals surface area contributed by atoms with Crippen LogP contribution in [-0.2, 0) is 24.3 Å². The van der Waals surface area contributed by atoms with Gasteiger partial charge >= 0.3 is 0 Å². The largest absolute Gasteiger partial charge is 0.467 e. The van der Waals surface area contributed by atoms with Gasteiger partial charge in [-0.15, -0.1) is 0 Å². The molecule has 3 rings (SSSR count). The first kappa shape index (κ1) is 15.2. The first-order valence-electron chi connectivity index (χ1n) is 7.62. The lowest BCUT2D eigenvalue weighted by Gasteiger charge is -2.24. The monoisotopic (exact) mass is 306 g/mol. The molecule has 0 radical (unpaired) electrons. The topological polar surface area (TPSA) is 85.3 Å². The van der Waals surface area contributed by atoms with E-state index in [0.717, 1.165) is 36.8 Å². The van der Waals surface area contributed by atoms with Gasteiger partial charge in [0.25, 0.3) is 0 Å². The maximum atomic E-state index is 9.95. The van der Waals surface area contributed by atoms with Gasteiger partial charge in [-0.1, -0.05) is 0 Å². The van der Waals surface area contributed by atoms with Gasteiger partial charge in [0.15, 0.2) is 0 Å². The SMILES string of the molecule is Cc1nc2n(n1)C[C@@H](NC[C@@H](O)COCc1ccco1)CC2. The first-order valence-corrected chi connectivity index (χ1v) is 7.62. The Bertz CT molecular complexity index is 582. The molecule has 0 aromatic carbocycles. The third-order valence-corrected chi connectivity index (χ3v) is 3.74. The Hall–Kier alpha value is -1.70. The predicted octanol–water partition coefficient (Wildman–Crippen LogP) is 0.662. The third kappa shape index (κ3) is 3.94. The van der Waals surface area contributed by atoms with E-state index in [4.69, 9.17) is 9.15 Å². The number of rotatable bonds is 7. The summed E-state index contributed by atoms with van der Waals surface area (Å²) < 4.78 is 12.6. The molecule has 0 bridgehead atoms. The minimum absolute atomic E-state index is 0.286. The molecule has 1 aliphatic heterocycles. The van der Waals surface area contributed by atoms with E-state index in [1.54, 1.807) is 6.26 Å². The van der Waals surface area contributed by atoms with E-state index in [0.29, 0.717) is 19.2 Å². The van der Waals surface area contributed by atoms with Crippen LogP contribution >= 0.6 is 0 Å². The Balaban J connectivity index is 1.35. The number of hydrogen-bond donors (Lipinski definition) is 2. The Kier molecular flexibility index (Phi) is 4.87. The summed E-state index contributed by atoms with van der Waals surface area (Å²) in [6.45, 7) is 3.89. The van der Waals surface area contributed by atoms with E-state index in [9.17, 15) is 5.11 Å². The van der Waals surface area contributed by atoms with Crippen LogP contribution in [0.1, 0.15) is 23.8 Å². The Morgan fingerprint density at radius 3 is 3.32 bits per heavy atom. The van der Waals surface area contributed by atoms with E-state index in [1.165, 1.54) is 0 Å². The minimum Gasteiger partial charge on any atom is -0.467 e. The molecule has 2 atom stereocenters. The zero-order valence-electron chi connectivity index (χ0n) is 12.7. The van der Waals surface area contributed by atoms with Gasteiger partial charge in [-0.2, -0.15) is 5.10 Å². The van der Waals surface area contributed by atoms with Crippen molar-refractivity contribution in [2.75, 3.05) is 13.2 Å². The van der Waals surface area contributed by atoms with Crippen molar-refractivity contribution in [2.45, 2.75) is 45.1 Å². The van der Waals surface area contributed by atoms with E-state index in [2.05, 4.69) is 15.4 Å². The zero-order valence-corrected chi connectivity index (χ0v) is 12.7. The molecule has 0 amide bonds. The standard InChI is InChI=1S/C15H22N4O3/c1-11-17-15-5-4-12(8-19(15)18-11)16-7-13(20)9-21-10-14-3-2-6-22-14/h2-3,6,12-13,16,20H,4-5,7-10H2,1H3/t12-,13+/m0/s1. The van der Waals surface area contributed by atoms with Gasteiger partial charge in [-0.05, 0) is 25.5 Å². The maximum absolute atomic E-state index is 9.95. The van der Waals surface area contributed by atoms with Crippen molar-refractivity contribution < 1.29 is 14.3 Å². The maximum Gasteiger partial charge on any atom is 0.147 e. The number of aliphatic hydroxyl groups is 1. The highest BCUT2D eigenvalue weighted by Gasteiger charge is 2.21. The summed E-state index contributed by atoms with van der Waals surface area (Å²) in [5.74, 6) is 2.64. The number of aliphatic hydroxyl groups excluding tert-OH is 1. The minimum atomic E-state index is -0.533. The van der Waals surface area contributed by atoms with Crippen LogP contribution in [0.3, 0.4) is 0 Å². The van der Waals surface area contributed by atoms with Crippen molar-refractivity contribution in [3.8, 4) is 0 Å². The predicted molar refractivity (Wildman–Crippen MR) is 79.2 cm³/mol. The third-order valence-electron chi connectivity index (χ3n) is 3.74. The van der Waals surface area contributed by atoms with Crippen molar-refractivity contribution in [3.05, 3.63) is 35.8 Å². The molecule has 2 aromatic heterocycles. The molecule has 3 heterocycles. The lowest BCUT2D eigenvalue weighted by Crippen LogP contribution is -2.42. The summed E-state index contributed by atoms with van der Waals surface area (Å²) in [5, 5.41) is 17.7. The lowest BCUT2D eigenvalue weighted by molar-refractivity contribution is 0.0209. The number of ether oxygens (including phenoxy) is 1. The van der Waals surface area contributed by atoms with Crippen LogP contribution in [0.2, 0.25) is 0 Å². The smallest absolute Gasteiger partial charge is 0.147 e. The van der Waals surface area contributed by atoms with Gasteiger partial charge in [0.05, 0.1) is 25.5 Å². The number of aryl methyl sites for hydroxylation is 2. The fourth-order valence-electron chi connectivity index (χ4n) is 2.65. The molecule has 2 aromatic rings. The van der Waals surface area contributed by atoms with Crippen LogP contribution in [0.4, 0.5) is 0 Å². The second kappa shape index (κ2) is 7.04. The van der Waals surface area contributed by atoms with Gasteiger partial charge in [0, 0.05) is 19.0 Å². The summed E-state index contributed by atoms with van der Waals surface area (Å²) >= 11 is 0. The molecule has 120 valence electrons. The highest BCUT2D eigenvalue weighted by molar-refractivity contribution is 4.97. The van der Waals surface area contributed by atoms with Crippen LogP contribution < -0.4 is 5.32 Å². The molecule has 0 aliphatic carbocycles. The summed E-state index contributed by atoms with van der Waals surface area (Å²) in [4.78, 5) is 4.39. The van der Waals surface area contributed by atoms with Crippen molar-refractivity contribution in [1.29, 1.82) is 0 Å². The molecule has 0 saturated carbocycles. The van der Waals surface area contributed by atoms with E-state index < -0.39 is 6.10 Å². The molecule has 2 N–H and O–H groups in total. The van der Waals surface area contributed by atoms with Crippen LogP contribution in [0.25, 0.3) is 0 Å². The van der Waals surface area contributed by atoms with Gasteiger partial charge in [-0.25, -0.2) is 9.67 Å². The van der Waals surface area contributed by atoms with Crippen molar-refractivity contribution >= 4 is 0 Å². The molecular formula is C15H22N4O3. The van der Waals surface area contributed by atoms with Crippen LogP contribution in [-0.4, -0.2) is 45.2 Å². The fourth-order valence-corrected chi connectivity index (χ4v) is 2.65. The number of furan rings is 1. The highest BCUT2D eigenvalue weighted by atomic mass is 16.5. The molecule has 0 unspecified atom stereocenters. The number of aromatic nitrogens is 3. The first-order chi connectivity index (χ1) is 10.7. The number of fused-ring (bicyclic) bond motifs is 1. The molecular weight excluding hydrogens is 284 g/mol. The van der Waals surface area contributed by atoms with Crippen LogP contribution in [0.15, 0.2) is 22.8 Å². The summed E-state index contributed by atoms with van der Waals surface area (Å²) in [6, 6.07) is 3.98. The van der Waals surface area contributed by atoms with Crippen molar-refractivity contribution in [3.63, 3.8) is 0 Å². The van der Waals surface area contributed by atoms with Crippen LogP contribution in [0.5, 0.6) is 0 Å². The summed E-state index contributed by atoms with van der Waals surface area (Å²) in [7, 11) is 0. The van der Waals surface area contributed by atoms with Gasteiger partial charge < -0.3 is 19.6 Å². The van der Waals surface area contributed by atoms with E-state index in [1.807, 2.05) is 23.7 Å². The second-order valence-corrected chi connectivity index (χ2v) is 5.65. The van der Waals surface area contributed by atoms with E-state index >= 15 is 0 Å². The Morgan fingerprint density at radius 2 is 2.50 bits per heavy atom. The van der Waals surface area contributed by atoms with Crippen LogP contribution in [0, 0.1) is 6.92 Å². The van der Waals surface area contributed by atoms with Gasteiger partial charge in [-0.3, -0.25) is 0 Å². The lowest BCUT2D eigenvalue weighted by atomic mass is 10.1. The number of nitrogens with zero attached hydrogens (tertiary/aromatic N) is 3. The molecule has 22 heavy (non-hydrogen) atoms. The molecule has 1 aliphatic rings. The van der Waals surface area contributed by atoms with E-state index in [-0.39, 0.29) is 6.61 Å². The highest BCUT2D eigenvalue weighted by Crippen LogP contribution is 2.12. The van der Waals surface area contributed by atoms with Gasteiger partial charge in [0.1, 0.15) is 24.0 Å². The van der Waals surface area contributed by atoms with Crippen molar-refractivity contribution in [1.82, 2.24) is 20.1 Å². The van der Waals surface area contributed by atoms with Crippen molar-refractivity contribution in [2.24, 2.45) is 0 Å². The average Bonchev–Trinajstić information content (AvgIpc) is 3.12. The summed E-state index contributed by atoms with van der Waals surface area (Å²) in [5.41, 5.74) is 0. The summed E-state index contributed by atoms with van der Waals surface area (Å²) in [6.07, 6.45) is 3.01. The Morgan fingerprint density at radius 1 is 1.59 bits per heavy atom. The molecule has 7 nitrogen and oxygen atoms in total. The molecule has 0 spiro atoms. The molecule has 0 fully saturated rings. The second-order valence-electron chi connectivity index (χ2n) is 5.65.